The Hall–Kier alpha value is -0.310. The third kappa shape index (κ3) is 1.69. The van der Waals surface area contributed by atoms with Crippen LogP contribution in [0, 0.1) is 12.2 Å². The fraction of sp³-hybridized carbons (Fsp3) is 0. The lowest BCUT2D eigenvalue weighted by Gasteiger charge is -1.45. The molecule has 0 aliphatic rings. The van der Waals surface area contributed by atoms with Crippen LogP contribution in [0.3, 0.4) is 0 Å². The first-order valence-electron chi connectivity index (χ1n) is 1.35. The summed E-state index contributed by atoms with van der Waals surface area (Å²) in [7, 11) is 2.79. The fourth-order valence-electron chi connectivity index (χ4n) is 0. The van der Waals surface area contributed by atoms with Gasteiger partial charge in [0.25, 0.3) is 0 Å². The van der Waals surface area contributed by atoms with Crippen LogP contribution in [-0.2, 0) is 0 Å². The first-order chi connectivity index (χ1) is 1.91. The molecule has 0 aromatic carbocycles. The average Bonchev–Trinajstić information content (AvgIpc) is 1.37. The molecule has 0 saturated carbocycles. The topological polar surface area (TPSA) is 0 Å². The molecule has 4 heavy (non-hydrogen) atoms. The maximum absolute atomic E-state index is 4.78. The van der Waals surface area contributed by atoms with Gasteiger partial charge in [0.2, 0.25) is 0 Å². The van der Waals surface area contributed by atoms with Gasteiger partial charge < -0.3 is 0 Å². The highest BCUT2D eigenvalue weighted by atomic mass is 13.0. The first-order valence-corrected chi connectivity index (χ1v) is 1.35. The summed E-state index contributed by atoms with van der Waals surface area (Å²) in [6.45, 7) is 0. The fourth-order valence-corrected chi connectivity index (χ4v) is 0. The minimum absolute atomic E-state index is 0.847. The van der Waals surface area contributed by atoms with Crippen molar-refractivity contribution in [2.45, 2.75) is 0 Å². The molecule has 0 aromatic heterocycles. The van der Waals surface area contributed by atoms with Crippen LogP contribution in [0.25, 0.3) is 0 Å². The van der Waals surface area contributed by atoms with Crippen LogP contribution in [0.2, 0.25) is 0 Å². The van der Waals surface area contributed by atoms with E-state index in [1.54, 1.807) is 0 Å². The van der Waals surface area contributed by atoms with E-state index in [4.69, 9.17) is 6.42 Å². The van der Waals surface area contributed by atoms with Crippen LogP contribution >= 0.6 is 0 Å². The molecule has 0 amide bonds. The van der Waals surface area contributed by atoms with Crippen molar-refractivity contribution < 1.29 is 0 Å². The molecule has 0 bridgehead atoms. The monoisotopic (exact) mass is 50.0 g/mol. The zero-order valence-corrected chi connectivity index (χ0v) is 2.78. The van der Waals surface area contributed by atoms with Crippen molar-refractivity contribution >= 4 is 14.9 Å². The summed E-state index contributed by atoms with van der Waals surface area (Å²) < 4.78 is 0. The van der Waals surface area contributed by atoms with Crippen molar-refractivity contribution in [1.82, 2.24) is 0 Å². The van der Waals surface area contributed by atoms with Crippen LogP contribution < -0.4 is 0 Å². The lowest BCUT2D eigenvalue weighted by molar-refractivity contribution is 3.06. The predicted octanol–water partition coefficient (Wildman–Crippen LogP) is -1.44. The molecule has 0 aliphatic heterocycles. The molecule has 0 heterocycles. The molecule has 0 rings (SSSR count). The highest BCUT2D eigenvalue weighted by molar-refractivity contribution is 6.94. The molecule has 0 aromatic rings. The van der Waals surface area contributed by atoms with E-state index in [9.17, 15) is 0 Å². The molecule has 0 fully saturated rings. The molecule has 0 nitrogen and oxygen atoms in total. The van der Waals surface area contributed by atoms with Crippen LogP contribution in [0.5, 0.6) is 0 Å². The Morgan fingerprint density at radius 2 is 2.25 bits per heavy atom. The Balaban J connectivity index is 2.43. The zero-order chi connectivity index (χ0) is 3.41. The molecule has 2 heteroatoms. The van der Waals surface area contributed by atoms with Gasteiger partial charge in [-0.15, -0.1) is 6.42 Å². The minimum Gasteiger partial charge on any atom is -0.174 e. The second-order valence-electron chi connectivity index (χ2n) is 0.558. The Morgan fingerprint density at radius 3 is 2.25 bits per heavy atom. The van der Waals surface area contributed by atoms with Crippen molar-refractivity contribution in [1.29, 1.82) is 0 Å². The summed E-state index contributed by atoms with van der Waals surface area (Å²) in [4.78, 5) is 0. The van der Waals surface area contributed by atoms with Crippen molar-refractivity contribution in [3.63, 3.8) is 0 Å². The maximum atomic E-state index is 4.78. The van der Waals surface area contributed by atoms with E-state index in [1.165, 1.54) is 0 Å². The SMILES string of the molecule is BBC#C. The smallest absolute Gasteiger partial charge is 0.172 e. The third-order valence-corrected chi connectivity index (χ3v) is 0.204. The van der Waals surface area contributed by atoms with Gasteiger partial charge >= 0.3 is 0 Å². The van der Waals surface area contributed by atoms with Gasteiger partial charge in [-0.25, -0.2) is 0 Å². The van der Waals surface area contributed by atoms with Crippen molar-refractivity contribution in [3.05, 3.63) is 0 Å². The Kier molecular flexibility index (Phi) is 2.48. The number of hydrogen-bond donors (Lipinski definition) is 0. The summed E-state index contributed by atoms with van der Waals surface area (Å²) in [5, 5.41) is 0. The van der Waals surface area contributed by atoms with Gasteiger partial charge in [-0.1, -0.05) is 0 Å². The van der Waals surface area contributed by atoms with E-state index in [0.29, 0.717) is 0 Å². The minimum atomic E-state index is 0.847. The van der Waals surface area contributed by atoms with Gasteiger partial charge in [-0.2, -0.15) is 5.82 Å². The van der Waals surface area contributed by atoms with E-state index < -0.39 is 0 Å². The summed E-state index contributed by atoms with van der Waals surface area (Å²) in [5.74, 6) is 2.43. The lowest BCUT2D eigenvalue weighted by atomic mass is 9.57. The summed E-state index contributed by atoms with van der Waals surface area (Å²) in [6.07, 6.45) is 4.78. The lowest BCUT2D eigenvalue weighted by Crippen LogP contribution is -1.75. The largest absolute Gasteiger partial charge is 0.174 e. The highest BCUT2D eigenvalue weighted by Gasteiger charge is 1.53. The Bertz CT molecular complexity index is 33.8. The van der Waals surface area contributed by atoms with Gasteiger partial charge in [0, 0.05) is 0 Å². The van der Waals surface area contributed by atoms with Gasteiger partial charge in [0.1, 0.15) is 0 Å². The highest BCUT2D eigenvalue weighted by Crippen LogP contribution is 1.25. The summed E-state index contributed by atoms with van der Waals surface area (Å²) >= 11 is 0. The molecule has 0 unspecified atom stereocenters. The van der Waals surface area contributed by atoms with E-state index in [0.717, 1.165) is 7.17 Å². The standard InChI is InChI=1S/C2H4B2/c1-2-4-3/h1,4H,3H2. The molecule has 0 aliphatic carbocycles. The Morgan fingerprint density at radius 1 is 2.00 bits per heavy atom. The van der Waals surface area contributed by atoms with Gasteiger partial charge in [0.15, 0.2) is 7.17 Å². The predicted molar refractivity (Wildman–Crippen MR) is 24.5 cm³/mol. The molecule has 0 saturated heterocycles. The zero-order valence-electron chi connectivity index (χ0n) is 2.78. The number of terminal acetylenes is 1. The van der Waals surface area contributed by atoms with Crippen molar-refractivity contribution in [2.24, 2.45) is 0 Å². The van der Waals surface area contributed by atoms with E-state index in [2.05, 4.69) is 5.82 Å². The molecular formula is C2H4B2. The average molecular weight is 49.7 g/mol. The van der Waals surface area contributed by atoms with Crippen LogP contribution in [0.1, 0.15) is 0 Å². The van der Waals surface area contributed by atoms with Crippen LogP contribution in [0.4, 0.5) is 0 Å². The van der Waals surface area contributed by atoms with Crippen molar-refractivity contribution in [3.8, 4) is 12.2 Å². The van der Waals surface area contributed by atoms with Gasteiger partial charge in [0.05, 0.1) is 7.74 Å². The van der Waals surface area contributed by atoms with Crippen molar-refractivity contribution in [2.75, 3.05) is 0 Å². The second-order valence-corrected chi connectivity index (χ2v) is 0.558. The summed E-state index contributed by atoms with van der Waals surface area (Å²) in [5.41, 5.74) is 0. The third-order valence-electron chi connectivity index (χ3n) is 0.204. The maximum Gasteiger partial charge on any atom is 0.172 e. The molecular weight excluding hydrogens is 45.6 g/mol. The van der Waals surface area contributed by atoms with E-state index in [-0.39, 0.29) is 0 Å². The van der Waals surface area contributed by atoms with E-state index >= 15 is 0 Å². The molecule has 18 valence electrons. The van der Waals surface area contributed by atoms with Crippen LogP contribution in [-0.4, -0.2) is 14.9 Å². The van der Waals surface area contributed by atoms with E-state index in [1.807, 2.05) is 7.74 Å². The number of hydrogen-bond acceptors (Lipinski definition) is 0. The molecule has 0 atom stereocenters. The molecule has 0 radical (unpaired) electrons. The number of rotatable bonds is 0. The van der Waals surface area contributed by atoms with Crippen LogP contribution in [0.15, 0.2) is 0 Å². The second kappa shape index (κ2) is 2.69. The molecule has 0 spiro atoms. The van der Waals surface area contributed by atoms with Gasteiger partial charge in [-0.3, -0.25) is 0 Å². The Labute approximate surface area is 28.2 Å². The quantitative estimate of drug-likeness (QED) is 0.233. The first kappa shape index (κ1) is 3.69. The molecule has 0 N–H and O–H groups in total. The normalized spacial score (nSPS) is 3.75. The van der Waals surface area contributed by atoms with Gasteiger partial charge in [-0.05, 0) is 0 Å². The summed E-state index contributed by atoms with van der Waals surface area (Å²) in [6, 6.07) is 0.